The van der Waals surface area contributed by atoms with Crippen molar-refractivity contribution in [3.63, 3.8) is 0 Å². The molecule has 9 nitrogen and oxygen atoms in total. The van der Waals surface area contributed by atoms with Gasteiger partial charge >= 0.3 is 0 Å². The molecule has 0 atom stereocenters. The number of ether oxygens (including phenoxy) is 1. The van der Waals surface area contributed by atoms with Gasteiger partial charge in [-0.2, -0.15) is 0 Å². The molecule has 228 valence electrons. The first-order valence-electron chi connectivity index (χ1n) is 14.6. The fourth-order valence-corrected chi connectivity index (χ4v) is 6.28. The average molecular weight is 608 g/mol. The van der Waals surface area contributed by atoms with Crippen molar-refractivity contribution >= 4 is 38.7 Å². The maximum atomic E-state index is 13.2. The zero-order valence-corrected chi connectivity index (χ0v) is 25.4. The van der Waals surface area contributed by atoms with E-state index < -0.39 is 15.9 Å². The van der Waals surface area contributed by atoms with Gasteiger partial charge in [-0.15, -0.1) is 0 Å². The van der Waals surface area contributed by atoms with Gasteiger partial charge < -0.3 is 20.7 Å². The lowest BCUT2D eigenvalue weighted by atomic mass is 9.98. The third kappa shape index (κ3) is 7.71. The van der Waals surface area contributed by atoms with Crippen molar-refractivity contribution in [3.05, 3.63) is 77.6 Å². The number of anilines is 2. The van der Waals surface area contributed by atoms with Crippen molar-refractivity contribution < 1.29 is 22.3 Å². The van der Waals surface area contributed by atoms with Crippen LogP contribution in [0.25, 0.3) is 0 Å². The summed E-state index contributed by atoms with van der Waals surface area (Å²) in [7, 11) is -2.06. The summed E-state index contributed by atoms with van der Waals surface area (Å²) in [4.78, 5) is 20.0. The van der Waals surface area contributed by atoms with Gasteiger partial charge in [0.05, 0.1) is 17.6 Å². The number of hydrogen-bond acceptors (Lipinski definition) is 7. The first-order valence-corrected chi connectivity index (χ1v) is 16.5. The molecule has 11 heteroatoms. The van der Waals surface area contributed by atoms with Crippen molar-refractivity contribution in [2.75, 3.05) is 49.5 Å². The molecule has 1 saturated carbocycles. The smallest absolute Gasteiger partial charge is 0.270 e. The Hall–Kier alpha value is -3.96. The topological polar surface area (TPSA) is 117 Å². The number of carbonyl (C=O) groups excluding carboxylic acids is 1. The van der Waals surface area contributed by atoms with E-state index in [0.29, 0.717) is 41.5 Å². The van der Waals surface area contributed by atoms with Crippen molar-refractivity contribution in [2.45, 2.75) is 38.0 Å². The summed E-state index contributed by atoms with van der Waals surface area (Å²) in [5, 5.41) is 2.65. The Bertz CT molecular complexity index is 1580. The number of likely N-dealkylation sites (tertiary alicyclic amines) is 1. The van der Waals surface area contributed by atoms with Gasteiger partial charge in [-0.1, -0.05) is 6.42 Å². The van der Waals surface area contributed by atoms with Crippen molar-refractivity contribution in [1.29, 1.82) is 0 Å². The highest BCUT2D eigenvalue weighted by Gasteiger charge is 2.32. The van der Waals surface area contributed by atoms with E-state index in [9.17, 15) is 17.6 Å². The number of amides is 1. The number of hydrogen-bond donors (Lipinski definition) is 2. The Kier molecular flexibility index (Phi) is 9.31. The van der Waals surface area contributed by atoms with E-state index in [4.69, 9.17) is 10.5 Å². The molecule has 3 aromatic carbocycles. The maximum Gasteiger partial charge on any atom is 0.270 e. The highest BCUT2D eigenvalue weighted by atomic mass is 32.2. The molecule has 2 aliphatic rings. The Morgan fingerprint density at radius 3 is 2.26 bits per heavy atom. The lowest BCUT2D eigenvalue weighted by Gasteiger charge is -2.31. The van der Waals surface area contributed by atoms with Gasteiger partial charge in [0.15, 0.2) is 0 Å². The summed E-state index contributed by atoms with van der Waals surface area (Å²) in [5.74, 6) is 0.429. The SMILES string of the molecule is CNC(=O)C(=Nc1ccc(Oc2ccc(F)cc2)cc1)c1cc(C2CC2)c(N(CCN2CCCCC2)S(C)(=O)=O)cc1N. The Morgan fingerprint density at radius 1 is 1.05 bits per heavy atom. The number of halogens is 1. The predicted octanol–water partition coefficient (Wildman–Crippen LogP) is 5.20. The van der Waals surface area contributed by atoms with Crippen LogP contribution in [-0.2, 0) is 14.8 Å². The Morgan fingerprint density at radius 2 is 1.67 bits per heavy atom. The molecular weight excluding hydrogens is 569 g/mol. The lowest BCUT2D eigenvalue weighted by molar-refractivity contribution is -0.114. The van der Waals surface area contributed by atoms with Crippen molar-refractivity contribution in [3.8, 4) is 11.5 Å². The van der Waals surface area contributed by atoms with Crippen LogP contribution in [0.3, 0.4) is 0 Å². The number of rotatable bonds is 11. The van der Waals surface area contributed by atoms with E-state index in [-0.39, 0.29) is 23.1 Å². The summed E-state index contributed by atoms with van der Waals surface area (Å²) >= 11 is 0. The number of aliphatic imine (C=N–C) groups is 1. The maximum absolute atomic E-state index is 13.2. The predicted molar refractivity (Wildman–Crippen MR) is 168 cm³/mol. The molecule has 2 fully saturated rings. The summed E-state index contributed by atoms with van der Waals surface area (Å²) in [6.45, 7) is 2.92. The molecule has 0 aromatic heterocycles. The minimum Gasteiger partial charge on any atom is -0.457 e. The van der Waals surface area contributed by atoms with E-state index >= 15 is 0 Å². The van der Waals surface area contributed by atoms with E-state index in [1.807, 2.05) is 6.07 Å². The summed E-state index contributed by atoms with van der Waals surface area (Å²) in [6.07, 6.45) is 6.55. The third-order valence-corrected chi connectivity index (χ3v) is 8.96. The first-order chi connectivity index (χ1) is 20.6. The summed E-state index contributed by atoms with van der Waals surface area (Å²) < 4.78 is 46.5. The number of piperidine rings is 1. The van der Waals surface area contributed by atoms with E-state index in [1.54, 1.807) is 30.3 Å². The number of benzene rings is 3. The van der Waals surface area contributed by atoms with Gasteiger partial charge in [0.2, 0.25) is 10.0 Å². The molecule has 0 unspecified atom stereocenters. The second-order valence-electron chi connectivity index (χ2n) is 11.1. The van der Waals surface area contributed by atoms with Gasteiger partial charge in [0.1, 0.15) is 23.0 Å². The van der Waals surface area contributed by atoms with Gasteiger partial charge in [-0.3, -0.25) is 9.10 Å². The normalized spacial score (nSPS) is 16.1. The van der Waals surface area contributed by atoms with Crippen LogP contribution in [0.2, 0.25) is 0 Å². The minimum atomic E-state index is -3.58. The molecule has 0 radical (unpaired) electrons. The highest BCUT2D eigenvalue weighted by molar-refractivity contribution is 7.92. The van der Waals surface area contributed by atoms with Crippen LogP contribution < -0.4 is 20.1 Å². The van der Waals surface area contributed by atoms with Crippen LogP contribution in [0.1, 0.15) is 49.1 Å². The second kappa shape index (κ2) is 13.1. The van der Waals surface area contributed by atoms with E-state index in [2.05, 4.69) is 15.2 Å². The number of nitrogen functional groups attached to an aromatic ring is 1. The van der Waals surface area contributed by atoms with E-state index in [0.717, 1.165) is 44.3 Å². The number of nitrogens with one attached hydrogen (secondary N) is 1. The zero-order chi connectivity index (χ0) is 30.6. The molecule has 43 heavy (non-hydrogen) atoms. The third-order valence-electron chi connectivity index (χ3n) is 7.78. The molecule has 1 aliphatic heterocycles. The first kappa shape index (κ1) is 30.5. The highest BCUT2D eigenvalue weighted by Crippen LogP contribution is 2.46. The molecule has 5 rings (SSSR count). The number of likely N-dealkylation sites (N-methyl/N-ethyl adjacent to an activating group) is 1. The van der Waals surface area contributed by atoms with Crippen LogP contribution in [0, 0.1) is 5.82 Å². The van der Waals surface area contributed by atoms with Crippen LogP contribution in [-0.4, -0.2) is 64.4 Å². The molecule has 1 aliphatic carbocycles. The molecule has 1 amide bonds. The number of sulfonamides is 1. The van der Waals surface area contributed by atoms with Gasteiger partial charge in [-0.25, -0.2) is 17.8 Å². The quantitative estimate of drug-likeness (QED) is 0.229. The fourth-order valence-electron chi connectivity index (χ4n) is 5.35. The van der Waals surface area contributed by atoms with Gasteiger partial charge in [0, 0.05) is 31.4 Å². The molecule has 3 N–H and O–H groups in total. The molecular formula is C32H38FN5O4S. The van der Waals surface area contributed by atoms with Crippen molar-refractivity contribution in [1.82, 2.24) is 10.2 Å². The average Bonchev–Trinajstić information content (AvgIpc) is 3.83. The second-order valence-corrected chi connectivity index (χ2v) is 13.0. The largest absolute Gasteiger partial charge is 0.457 e. The van der Waals surface area contributed by atoms with Gasteiger partial charge in [0.25, 0.3) is 5.91 Å². The molecule has 0 spiro atoms. The van der Waals surface area contributed by atoms with Crippen LogP contribution >= 0.6 is 0 Å². The Labute approximate surface area is 252 Å². The minimum absolute atomic E-state index is 0.125. The van der Waals surface area contributed by atoms with Crippen molar-refractivity contribution in [2.24, 2.45) is 4.99 Å². The fraction of sp³-hybridized carbons (Fsp3) is 0.375. The summed E-state index contributed by atoms with van der Waals surface area (Å²) in [5.41, 5.74) is 9.32. The molecule has 3 aromatic rings. The van der Waals surface area contributed by atoms with Crippen LogP contribution in [0.15, 0.2) is 65.7 Å². The monoisotopic (exact) mass is 607 g/mol. The van der Waals surface area contributed by atoms with Crippen LogP contribution in [0.4, 0.5) is 21.5 Å². The van der Waals surface area contributed by atoms with Crippen LogP contribution in [0.5, 0.6) is 11.5 Å². The Balaban J connectivity index is 1.46. The molecule has 1 saturated heterocycles. The standard InChI is InChI=1S/C32H38FN5O4S/c1-35-32(39)31(36-24-10-14-26(15-11-24)42-25-12-8-23(33)9-13-25)28-20-27(22-6-7-22)30(21-29(28)34)38(43(2,40)41)19-18-37-16-4-3-5-17-37/h8-15,20-22H,3-7,16-19,34H2,1-2H3,(H,35,39). The molecule has 0 bridgehead atoms. The van der Waals surface area contributed by atoms with E-state index in [1.165, 1.54) is 48.3 Å². The number of nitrogens with two attached hydrogens (primary N) is 1. The number of carbonyl (C=O) groups is 1. The molecule has 1 heterocycles. The lowest BCUT2D eigenvalue weighted by Crippen LogP contribution is -2.40. The zero-order valence-electron chi connectivity index (χ0n) is 24.6. The van der Waals surface area contributed by atoms with Gasteiger partial charge in [-0.05, 0) is 111 Å². The summed E-state index contributed by atoms with van der Waals surface area (Å²) in [6, 6.07) is 16.1. The number of nitrogens with zero attached hydrogens (tertiary/aromatic N) is 3.